The second kappa shape index (κ2) is 6.50. The molecule has 0 bridgehead atoms. The van der Waals surface area contributed by atoms with Gasteiger partial charge in [0.25, 0.3) is 0 Å². The van der Waals surface area contributed by atoms with Crippen molar-refractivity contribution < 1.29 is 9.15 Å². The standard InChI is InChI=1S/C15H20N2O2/c1-11-5-4-6-12(2)14(11)15-17-13(10-19-15)9-16-7-8-18-3/h4-6,10,16H,7-9H2,1-3H3. The number of ether oxygens (including phenoxy) is 1. The molecule has 0 aliphatic heterocycles. The van der Waals surface area contributed by atoms with Gasteiger partial charge in [-0.1, -0.05) is 18.2 Å². The van der Waals surface area contributed by atoms with Crippen molar-refractivity contribution in [1.82, 2.24) is 10.3 Å². The van der Waals surface area contributed by atoms with Crippen LogP contribution in [0.25, 0.3) is 11.5 Å². The molecule has 4 heteroatoms. The summed E-state index contributed by atoms with van der Waals surface area (Å²) in [4.78, 5) is 4.53. The summed E-state index contributed by atoms with van der Waals surface area (Å²) in [6.45, 7) is 6.34. The molecular formula is C15H20N2O2. The van der Waals surface area contributed by atoms with E-state index in [0.29, 0.717) is 19.0 Å². The number of methoxy groups -OCH3 is 1. The highest BCUT2D eigenvalue weighted by Crippen LogP contribution is 2.26. The third-order valence-corrected chi connectivity index (χ3v) is 3.04. The minimum absolute atomic E-state index is 0.692. The molecule has 2 rings (SSSR count). The molecule has 0 spiro atoms. The van der Waals surface area contributed by atoms with Crippen molar-refractivity contribution >= 4 is 0 Å². The number of hydrogen-bond donors (Lipinski definition) is 1. The van der Waals surface area contributed by atoms with Crippen LogP contribution in [0.4, 0.5) is 0 Å². The zero-order valence-electron chi connectivity index (χ0n) is 11.7. The van der Waals surface area contributed by atoms with Crippen LogP contribution < -0.4 is 5.32 Å². The van der Waals surface area contributed by atoms with Gasteiger partial charge in [-0.05, 0) is 25.0 Å². The first-order valence-electron chi connectivity index (χ1n) is 6.43. The molecule has 0 radical (unpaired) electrons. The average Bonchev–Trinajstić information content (AvgIpc) is 2.83. The number of benzene rings is 1. The molecule has 4 nitrogen and oxygen atoms in total. The van der Waals surface area contributed by atoms with Crippen LogP contribution in [0, 0.1) is 13.8 Å². The quantitative estimate of drug-likeness (QED) is 0.811. The summed E-state index contributed by atoms with van der Waals surface area (Å²) >= 11 is 0. The molecule has 19 heavy (non-hydrogen) atoms. The summed E-state index contributed by atoms with van der Waals surface area (Å²) in [7, 11) is 1.69. The number of aromatic nitrogens is 1. The number of nitrogens with zero attached hydrogens (tertiary/aromatic N) is 1. The van der Waals surface area contributed by atoms with Crippen molar-refractivity contribution in [2.45, 2.75) is 20.4 Å². The number of oxazole rings is 1. The van der Waals surface area contributed by atoms with E-state index in [0.717, 1.165) is 17.8 Å². The van der Waals surface area contributed by atoms with Gasteiger partial charge in [0.1, 0.15) is 6.26 Å². The Morgan fingerprint density at radius 2 is 2.00 bits per heavy atom. The normalized spacial score (nSPS) is 10.9. The summed E-state index contributed by atoms with van der Waals surface area (Å²) in [6, 6.07) is 6.19. The Balaban J connectivity index is 2.08. The number of nitrogens with one attached hydrogen (secondary N) is 1. The summed E-state index contributed by atoms with van der Waals surface area (Å²) in [6.07, 6.45) is 1.71. The van der Waals surface area contributed by atoms with E-state index in [1.165, 1.54) is 11.1 Å². The van der Waals surface area contributed by atoms with Crippen LogP contribution in [0.3, 0.4) is 0 Å². The molecule has 0 atom stereocenters. The molecule has 1 aromatic heterocycles. The highest BCUT2D eigenvalue weighted by molar-refractivity contribution is 5.63. The number of aryl methyl sites for hydroxylation is 2. The van der Waals surface area contributed by atoms with Gasteiger partial charge in [-0.3, -0.25) is 0 Å². The molecule has 1 aromatic carbocycles. The molecule has 0 fully saturated rings. The Bertz CT molecular complexity index is 514. The lowest BCUT2D eigenvalue weighted by Crippen LogP contribution is -2.18. The van der Waals surface area contributed by atoms with Gasteiger partial charge in [0, 0.05) is 25.8 Å². The predicted molar refractivity (Wildman–Crippen MR) is 75.0 cm³/mol. The van der Waals surface area contributed by atoms with Crippen molar-refractivity contribution in [3.8, 4) is 11.5 Å². The fraction of sp³-hybridized carbons (Fsp3) is 0.400. The molecule has 0 aliphatic carbocycles. The van der Waals surface area contributed by atoms with Gasteiger partial charge in [-0.15, -0.1) is 0 Å². The van der Waals surface area contributed by atoms with Crippen molar-refractivity contribution in [1.29, 1.82) is 0 Å². The third-order valence-electron chi connectivity index (χ3n) is 3.04. The fourth-order valence-corrected chi connectivity index (χ4v) is 2.05. The maximum absolute atomic E-state index is 5.59. The van der Waals surface area contributed by atoms with Crippen molar-refractivity contribution in [2.24, 2.45) is 0 Å². The lowest BCUT2D eigenvalue weighted by molar-refractivity contribution is 0.199. The van der Waals surface area contributed by atoms with E-state index in [2.05, 4.69) is 36.3 Å². The average molecular weight is 260 g/mol. The van der Waals surface area contributed by atoms with E-state index in [1.807, 2.05) is 6.07 Å². The van der Waals surface area contributed by atoms with Gasteiger partial charge in [-0.2, -0.15) is 0 Å². The van der Waals surface area contributed by atoms with Crippen LogP contribution in [0.15, 0.2) is 28.9 Å². The van der Waals surface area contributed by atoms with Crippen molar-refractivity contribution in [3.63, 3.8) is 0 Å². The van der Waals surface area contributed by atoms with E-state index in [4.69, 9.17) is 9.15 Å². The van der Waals surface area contributed by atoms with E-state index in [9.17, 15) is 0 Å². The molecule has 0 amide bonds. The van der Waals surface area contributed by atoms with E-state index in [1.54, 1.807) is 13.4 Å². The molecule has 2 aromatic rings. The van der Waals surface area contributed by atoms with Crippen molar-refractivity contribution in [3.05, 3.63) is 41.3 Å². The van der Waals surface area contributed by atoms with Crippen molar-refractivity contribution in [2.75, 3.05) is 20.3 Å². The summed E-state index contributed by atoms with van der Waals surface area (Å²) < 4.78 is 10.6. The first-order valence-corrected chi connectivity index (χ1v) is 6.43. The molecule has 0 saturated heterocycles. The Labute approximate surface area is 113 Å². The fourth-order valence-electron chi connectivity index (χ4n) is 2.05. The van der Waals surface area contributed by atoms with E-state index < -0.39 is 0 Å². The SMILES string of the molecule is COCCNCc1coc(-c2c(C)cccc2C)n1. The van der Waals surface area contributed by atoms with Gasteiger partial charge in [0.05, 0.1) is 12.3 Å². The molecule has 1 N–H and O–H groups in total. The maximum atomic E-state index is 5.59. The number of hydrogen-bond acceptors (Lipinski definition) is 4. The molecule has 0 aliphatic rings. The topological polar surface area (TPSA) is 47.3 Å². The van der Waals surface area contributed by atoms with Gasteiger partial charge in [0.2, 0.25) is 5.89 Å². The van der Waals surface area contributed by atoms with Gasteiger partial charge >= 0.3 is 0 Å². The monoisotopic (exact) mass is 260 g/mol. The zero-order chi connectivity index (χ0) is 13.7. The molecule has 1 heterocycles. The summed E-state index contributed by atoms with van der Waals surface area (Å²) in [5.74, 6) is 0.694. The second-order valence-corrected chi connectivity index (χ2v) is 4.58. The van der Waals surface area contributed by atoms with Gasteiger partial charge in [-0.25, -0.2) is 4.98 Å². The first-order chi connectivity index (χ1) is 9.22. The van der Waals surface area contributed by atoms with Crippen LogP contribution >= 0.6 is 0 Å². The Morgan fingerprint density at radius 1 is 1.26 bits per heavy atom. The van der Waals surface area contributed by atoms with E-state index in [-0.39, 0.29) is 0 Å². The Hall–Kier alpha value is -1.65. The highest BCUT2D eigenvalue weighted by Gasteiger charge is 2.11. The maximum Gasteiger partial charge on any atom is 0.226 e. The smallest absolute Gasteiger partial charge is 0.226 e. The van der Waals surface area contributed by atoms with Gasteiger partial charge < -0.3 is 14.5 Å². The lowest BCUT2D eigenvalue weighted by atomic mass is 10.0. The molecule has 102 valence electrons. The predicted octanol–water partition coefficient (Wildman–Crippen LogP) is 2.69. The summed E-state index contributed by atoms with van der Waals surface area (Å²) in [5, 5.41) is 3.25. The summed E-state index contributed by atoms with van der Waals surface area (Å²) in [5.41, 5.74) is 4.36. The van der Waals surface area contributed by atoms with E-state index >= 15 is 0 Å². The zero-order valence-corrected chi connectivity index (χ0v) is 11.7. The lowest BCUT2D eigenvalue weighted by Gasteiger charge is -2.04. The molecule has 0 unspecified atom stereocenters. The highest BCUT2D eigenvalue weighted by atomic mass is 16.5. The Kier molecular flexibility index (Phi) is 4.71. The minimum atomic E-state index is 0.692. The van der Waals surface area contributed by atoms with Crippen LogP contribution in [-0.4, -0.2) is 25.2 Å². The van der Waals surface area contributed by atoms with Gasteiger partial charge in [0.15, 0.2) is 0 Å². The first kappa shape index (κ1) is 13.8. The number of rotatable bonds is 6. The van der Waals surface area contributed by atoms with Crippen LogP contribution in [-0.2, 0) is 11.3 Å². The Morgan fingerprint density at radius 3 is 2.68 bits per heavy atom. The van der Waals surface area contributed by atoms with Crippen LogP contribution in [0.2, 0.25) is 0 Å². The third kappa shape index (κ3) is 3.43. The molecule has 0 saturated carbocycles. The second-order valence-electron chi connectivity index (χ2n) is 4.58. The molecular weight excluding hydrogens is 240 g/mol. The van der Waals surface area contributed by atoms with Crippen LogP contribution in [0.1, 0.15) is 16.8 Å². The minimum Gasteiger partial charge on any atom is -0.444 e. The largest absolute Gasteiger partial charge is 0.444 e. The van der Waals surface area contributed by atoms with Crippen LogP contribution in [0.5, 0.6) is 0 Å².